The van der Waals surface area contributed by atoms with Gasteiger partial charge in [-0.05, 0) is 38.1 Å². The molecule has 8 nitrogen and oxygen atoms in total. The van der Waals surface area contributed by atoms with Gasteiger partial charge in [-0.3, -0.25) is 0 Å². The second-order valence-corrected chi connectivity index (χ2v) is 6.61. The van der Waals surface area contributed by atoms with Crippen LogP contribution in [0.1, 0.15) is 22.9 Å². The number of hydrogen-bond donors (Lipinski definition) is 0. The molecule has 0 saturated heterocycles. The molecule has 148 valence electrons. The fraction of sp³-hybridized carbons (Fsp3) is 0.238. The van der Waals surface area contributed by atoms with Gasteiger partial charge in [0.15, 0.2) is 11.5 Å². The normalized spacial score (nSPS) is 10.9. The number of ether oxygens (including phenoxy) is 2. The lowest BCUT2D eigenvalue weighted by molar-refractivity contribution is 0.355. The van der Waals surface area contributed by atoms with Gasteiger partial charge in [0.1, 0.15) is 6.42 Å². The first-order valence-electron chi connectivity index (χ1n) is 9.02. The van der Waals surface area contributed by atoms with Gasteiger partial charge >= 0.3 is 0 Å². The highest BCUT2D eigenvalue weighted by atomic mass is 16.5. The molecule has 8 heteroatoms. The topological polar surface area (TPSA) is 96.3 Å². The third kappa shape index (κ3) is 3.82. The molecule has 2 aromatic carbocycles. The maximum atomic E-state index is 5.79. The summed E-state index contributed by atoms with van der Waals surface area (Å²) >= 11 is 0. The minimum atomic E-state index is 0.233. The van der Waals surface area contributed by atoms with Crippen LogP contribution in [0.2, 0.25) is 0 Å². The zero-order chi connectivity index (χ0) is 20.4. The fourth-order valence-corrected chi connectivity index (χ4v) is 3.17. The molecule has 0 bridgehead atoms. The van der Waals surface area contributed by atoms with Gasteiger partial charge in [-0.2, -0.15) is 4.98 Å². The SMILES string of the molecule is COc1cccc(-c2noc(Cc3nnc(-c4cc(C)cc(C)c4)o3)n2)c1OC. The van der Waals surface area contributed by atoms with Crippen LogP contribution in [0.25, 0.3) is 22.8 Å². The highest BCUT2D eigenvalue weighted by molar-refractivity contribution is 5.68. The number of aryl methyl sites for hydroxylation is 2. The lowest BCUT2D eigenvalue weighted by Crippen LogP contribution is -1.94. The van der Waals surface area contributed by atoms with Crippen molar-refractivity contribution < 1.29 is 18.4 Å². The number of methoxy groups -OCH3 is 2. The predicted molar refractivity (Wildman–Crippen MR) is 105 cm³/mol. The molecule has 0 aliphatic heterocycles. The Kier molecular flexibility index (Phi) is 4.99. The van der Waals surface area contributed by atoms with Crippen LogP contribution in [0, 0.1) is 13.8 Å². The summed E-state index contributed by atoms with van der Waals surface area (Å²) in [5.41, 5.74) is 3.82. The molecule has 0 fully saturated rings. The van der Waals surface area contributed by atoms with E-state index >= 15 is 0 Å². The second-order valence-electron chi connectivity index (χ2n) is 6.61. The number of aromatic nitrogens is 4. The number of nitrogens with zero attached hydrogens (tertiary/aromatic N) is 4. The fourth-order valence-electron chi connectivity index (χ4n) is 3.17. The average molecular weight is 392 g/mol. The molecule has 0 amide bonds. The van der Waals surface area contributed by atoms with E-state index in [1.807, 2.05) is 38.1 Å². The highest BCUT2D eigenvalue weighted by Gasteiger charge is 2.18. The predicted octanol–water partition coefficient (Wildman–Crippen LogP) is 4.01. The molecule has 0 radical (unpaired) electrons. The first kappa shape index (κ1) is 18.7. The molecule has 0 aliphatic rings. The van der Waals surface area contributed by atoms with E-state index in [1.54, 1.807) is 20.3 Å². The third-order valence-electron chi connectivity index (χ3n) is 4.35. The zero-order valence-corrected chi connectivity index (χ0v) is 16.6. The van der Waals surface area contributed by atoms with Crippen LogP contribution in [-0.4, -0.2) is 34.6 Å². The van der Waals surface area contributed by atoms with E-state index in [4.69, 9.17) is 18.4 Å². The molecule has 29 heavy (non-hydrogen) atoms. The van der Waals surface area contributed by atoms with Crippen molar-refractivity contribution in [1.82, 2.24) is 20.3 Å². The van der Waals surface area contributed by atoms with Gasteiger partial charge in [-0.1, -0.05) is 28.4 Å². The van der Waals surface area contributed by atoms with Crippen molar-refractivity contribution in [2.24, 2.45) is 0 Å². The molecule has 0 N–H and O–H groups in total. The molecule has 0 saturated carbocycles. The minimum Gasteiger partial charge on any atom is -0.493 e. The molecule has 4 aromatic rings. The van der Waals surface area contributed by atoms with Crippen LogP contribution in [0.3, 0.4) is 0 Å². The van der Waals surface area contributed by atoms with Crippen LogP contribution >= 0.6 is 0 Å². The van der Waals surface area contributed by atoms with Crippen molar-refractivity contribution in [3.05, 3.63) is 59.3 Å². The molecule has 2 aromatic heterocycles. The average Bonchev–Trinajstić information content (AvgIpc) is 3.36. The van der Waals surface area contributed by atoms with Crippen molar-refractivity contribution in [1.29, 1.82) is 0 Å². The van der Waals surface area contributed by atoms with Gasteiger partial charge < -0.3 is 18.4 Å². The van der Waals surface area contributed by atoms with Crippen LogP contribution in [-0.2, 0) is 6.42 Å². The second kappa shape index (κ2) is 7.75. The van der Waals surface area contributed by atoms with Gasteiger partial charge in [0.05, 0.1) is 19.8 Å². The summed E-state index contributed by atoms with van der Waals surface area (Å²) < 4.78 is 21.9. The lowest BCUT2D eigenvalue weighted by atomic mass is 10.1. The lowest BCUT2D eigenvalue weighted by Gasteiger charge is -2.09. The summed E-state index contributed by atoms with van der Waals surface area (Å²) in [5, 5.41) is 12.3. The molecule has 0 atom stereocenters. The molecule has 0 unspecified atom stereocenters. The maximum absolute atomic E-state index is 5.79. The van der Waals surface area contributed by atoms with Crippen LogP contribution in [0.15, 0.2) is 45.3 Å². The number of benzene rings is 2. The van der Waals surface area contributed by atoms with E-state index in [1.165, 1.54) is 0 Å². The van der Waals surface area contributed by atoms with E-state index in [0.29, 0.717) is 40.6 Å². The number of hydrogen-bond acceptors (Lipinski definition) is 8. The summed E-state index contributed by atoms with van der Waals surface area (Å²) in [6, 6.07) is 11.6. The molecule has 0 aliphatic carbocycles. The van der Waals surface area contributed by atoms with Gasteiger partial charge in [0, 0.05) is 5.56 Å². The summed E-state index contributed by atoms with van der Waals surface area (Å²) in [7, 11) is 3.14. The quantitative estimate of drug-likeness (QED) is 0.486. The van der Waals surface area contributed by atoms with Crippen LogP contribution in [0.5, 0.6) is 11.5 Å². The summed E-state index contributed by atoms with van der Waals surface area (Å²) in [6.07, 6.45) is 0.233. The van der Waals surface area contributed by atoms with E-state index in [0.717, 1.165) is 16.7 Å². The molecule has 0 spiro atoms. The molecular weight excluding hydrogens is 372 g/mol. The third-order valence-corrected chi connectivity index (χ3v) is 4.35. The minimum absolute atomic E-state index is 0.233. The first-order chi connectivity index (χ1) is 14.1. The Balaban J connectivity index is 1.57. The Hall–Kier alpha value is -3.68. The summed E-state index contributed by atoms with van der Waals surface area (Å²) in [5.74, 6) is 2.74. The first-order valence-corrected chi connectivity index (χ1v) is 9.02. The van der Waals surface area contributed by atoms with E-state index in [9.17, 15) is 0 Å². The largest absolute Gasteiger partial charge is 0.493 e. The van der Waals surface area contributed by atoms with Gasteiger partial charge in [0.2, 0.25) is 23.5 Å². The van der Waals surface area contributed by atoms with Gasteiger partial charge in [-0.15, -0.1) is 10.2 Å². The highest BCUT2D eigenvalue weighted by Crippen LogP contribution is 2.36. The Bertz CT molecular complexity index is 1130. The van der Waals surface area contributed by atoms with E-state index in [-0.39, 0.29) is 6.42 Å². The van der Waals surface area contributed by atoms with Crippen LogP contribution in [0.4, 0.5) is 0 Å². The number of rotatable bonds is 6. The summed E-state index contributed by atoms with van der Waals surface area (Å²) in [4.78, 5) is 4.43. The van der Waals surface area contributed by atoms with E-state index < -0.39 is 0 Å². The Morgan fingerprint density at radius 2 is 1.72 bits per heavy atom. The monoisotopic (exact) mass is 392 g/mol. The van der Waals surface area contributed by atoms with Gasteiger partial charge in [-0.25, -0.2) is 0 Å². The summed E-state index contributed by atoms with van der Waals surface area (Å²) in [6.45, 7) is 4.06. The zero-order valence-electron chi connectivity index (χ0n) is 16.6. The molecule has 4 rings (SSSR count). The van der Waals surface area contributed by atoms with Crippen molar-refractivity contribution in [3.8, 4) is 34.3 Å². The van der Waals surface area contributed by atoms with E-state index in [2.05, 4.69) is 26.4 Å². The van der Waals surface area contributed by atoms with Gasteiger partial charge in [0.25, 0.3) is 0 Å². The number of para-hydroxylation sites is 1. The van der Waals surface area contributed by atoms with Crippen molar-refractivity contribution in [2.75, 3.05) is 14.2 Å². The molecule has 2 heterocycles. The maximum Gasteiger partial charge on any atom is 0.247 e. The Morgan fingerprint density at radius 3 is 2.45 bits per heavy atom. The Labute approximate surface area is 167 Å². The molecular formula is C21H20N4O4. The van der Waals surface area contributed by atoms with Crippen molar-refractivity contribution in [2.45, 2.75) is 20.3 Å². The standard InChI is InChI=1S/C21H20N4O4/c1-12-8-13(2)10-14(9-12)21-24-23-18(28-21)11-17-22-20(25-29-17)15-6-5-7-16(26-3)19(15)27-4/h5-10H,11H2,1-4H3. The van der Waals surface area contributed by atoms with Crippen LogP contribution < -0.4 is 9.47 Å². The van der Waals surface area contributed by atoms with Crippen molar-refractivity contribution in [3.63, 3.8) is 0 Å². The Morgan fingerprint density at radius 1 is 0.931 bits per heavy atom. The van der Waals surface area contributed by atoms with Crippen molar-refractivity contribution >= 4 is 0 Å². The smallest absolute Gasteiger partial charge is 0.247 e.